The van der Waals surface area contributed by atoms with Crippen molar-refractivity contribution in [1.82, 2.24) is 10.5 Å². The number of hydrogen-bond donors (Lipinski definition) is 1. The second-order valence-corrected chi connectivity index (χ2v) is 5.71. The largest absolute Gasteiger partial charge is 0.497 e. The number of ether oxygens (including phenoxy) is 1. The molecule has 0 bridgehead atoms. The second-order valence-electron chi connectivity index (χ2n) is 5.71. The summed E-state index contributed by atoms with van der Waals surface area (Å²) in [6.07, 6.45) is 1.85. The third kappa shape index (κ3) is 4.47. The third-order valence-corrected chi connectivity index (χ3v) is 4.07. The van der Waals surface area contributed by atoms with Crippen LogP contribution in [0.3, 0.4) is 0 Å². The number of carbonyl (C=O) groups excluding carboxylic acids is 1. The van der Waals surface area contributed by atoms with E-state index < -0.39 is 0 Å². The Bertz CT molecular complexity index is 784. The minimum absolute atomic E-state index is 0.0237. The lowest BCUT2D eigenvalue weighted by Gasteiger charge is -2.18. The van der Waals surface area contributed by atoms with Crippen LogP contribution in [0.25, 0.3) is 0 Å². The van der Waals surface area contributed by atoms with E-state index in [1.54, 1.807) is 13.2 Å². The van der Waals surface area contributed by atoms with Gasteiger partial charge in [0, 0.05) is 18.4 Å². The first-order chi connectivity index (χ1) is 12.3. The van der Waals surface area contributed by atoms with E-state index in [4.69, 9.17) is 9.26 Å². The van der Waals surface area contributed by atoms with Gasteiger partial charge in [-0.1, -0.05) is 47.6 Å². The van der Waals surface area contributed by atoms with Gasteiger partial charge in [-0.2, -0.15) is 0 Å². The normalized spacial score (nSPS) is 11.7. The smallest absolute Gasteiger partial charge is 0.221 e. The van der Waals surface area contributed by atoms with Crippen LogP contribution in [0, 0.1) is 0 Å². The quantitative estimate of drug-likeness (QED) is 0.717. The van der Waals surface area contributed by atoms with Crippen LogP contribution in [0.2, 0.25) is 0 Å². The fraction of sp³-hybridized carbons (Fsp3) is 0.200. The maximum Gasteiger partial charge on any atom is 0.221 e. The first-order valence-corrected chi connectivity index (χ1v) is 8.11. The minimum atomic E-state index is -0.0346. The molecule has 1 heterocycles. The van der Waals surface area contributed by atoms with Crippen LogP contribution in [0.1, 0.15) is 29.2 Å². The number of hydrogen-bond acceptors (Lipinski definition) is 4. The van der Waals surface area contributed by atoms with Gasteiger partial charge in [0.05, 0.1) is 13.7 Å². The number of nitrogens with zero attached hydrogens (tertiary/aromatic N) is 1. The molecule has 3 rings (SSSR count). The molecule has 1 N–H and O–H groups in total. The standard InChI is InChI=1S/C20H20N2O3/c1-24-18-9-7-16(8-10-18)19(15-5-3-2-4-6-15)13-20(23)21-14-17-11-12-25-22-17/h2-12,19H,13-14H2,1H3,(H,21,23). The minimum Gasteiger partial charge on any atom is -0.497 e. The maximum absolute atomic E-state index is 12.4. The Labute approximate surface area is 146 Å². The number of rotatable bonds is 7. The van der Waals surface area contributed by atoms with E-state index in [9.17, 15) is 4.79 Å². The second kappa shape index (κ2) is 8.15. The van der Waals surface area contributed by atoms with Gasteiger partial charge < -0.3 is 14.6 Å². The van der Waals surface area contributed by atoms with Crippen LogP contribution in [-0.2, 0) is 11.3 Å². The summed E-state index contributed by atoms with van der Waals surface area (Å²) in [5.41, 5.74) is 2.88. The fourth-order valence-corrected chi connectivity index (χ4v) is 2.73. The van der Waals surface area contributed by atoms with Gasteiger partial charge in [-0.3, -0.25) is 4.79 Å². The molecule has 1 amide bonds. The molecule has 0 aliphatic carbocycles. The molecule has 25 heavy (non-hydrogen) atoms. The van der Waals surface area contributed by atoms with E-state index >= 15 is 0 Å². The van der Waals surface area contributed by atoms with Crippen LogP contribution in [-0.4, -0.2) is 18.2 Å². The molecule has 0 radical (unpaired) electrons. The summed E-state index contributed by atoms with van der Waals surface area (Å²) < 4.78 is 10.00. The van der Waals surface area contributed by atoms with E-state index in [1.807, 2.05) is 54.6 Å². The summed E-state index contributed by atoms with van der Waals surface area (Å²) in [5, 5.41) is 6.69. The Balaban J connectivity index is 1.75. The Morgan fingerprint density at radius 3 is 2.44 bits per heavy atom. The average Bonchev–Trinajstić information content (AvgIpc) is 3.19. The molecule has 128 valence electrons. The highest BCUT2D eigenvalue weighted by atomic mass is 16.5. The van der Waals surface area contributed by atoms with Crippen LogP contribution in [0.5, 0.6) is 5.75 Å². The summed E-state index contributed by atoms with van der Waals surface area (Å²) in [6.45, 7) is 0.361. The maximum atomic E-state index is 12.4. The van der Waals surface area contributed by atoms with Crippen molar-refractivity contribution < 1.29 is 14.1 Å². The van der Waals surface area contributed by atoms with E-state index in [0.717, 1.165) is 16.9 Å². The molecule has 1 aromatic heterocycles. The molecule has 0 saturated carbocycles. The number of carbonyl (C=O) groups is 1. The highest BCUT2D eigenvalue weighted by Gasteiger charge is 2.18. The van der Waals surface area contributed by atoms with Crippen molar-refractivity contribution in [3.63, 3.8) is 0 Å². The van der Waals surface area contributed by atoms with Crippen molar-refractivity contribution in [2.45, 2.75) is 18.9 Å². The molecular weight excluding hydrogens is 316 g/mol. The lowest BCUT2D eigenvalue weighted by molar-refractivity contribution is -0.121. The average molecular weight is 336 g/mol. The lowest BCUT2D eigenvalue weighted by Crippen LogP contribution is -2.25. The van der Waals surface area contributed by atoms with Crippen molar-refractivity contribution in [2.24, 2.45) is 0 Å². The van der Waals surface area contributed by atoms with Crippen molar-refractivity contribution in [3.8, 4) is 5.75 Å². The van der Waals surface area contributed by atoms with Gasteiger partial charge in [0.15, 0.2) is 0 Å². The summed E-state index contributed by atoms with van der Waals surface area (Å²) in [4.78, 5) is 12.4. The van der Waals surface area contributed by atoms with Crippen molar-refractivity contribution in [2.75, 3.05) is 7.11 Å². The summed E-state index contributed by atoms with van der Waals surface area (Å²) >= 11 is 0. The Morgan fingerprint density at radius 2 is 1.80 bits per heavy atom. The molecule has 5 heteroatoms. The summed E-state index contributed by atoms with van der Waals surface area (Å²) in [6, 6.07) is 19.6. The van der Waals surface area contributed by atoms with Crippen LogP contribution in [0.4, 0.5) is 0 Å². The van der Waals surface area contributed by atoms with Crippen molar-refractivity contribution >= 4 is 5.91 Å². The van der Waals surface area contributed by atoms with Crippen molar-refractivity contribution in [3.05, 3.63) is 83.7 Å². The van der Waals surface area contributed by atoms with Crippen molar-refractivity contribution in [1.29, 1.82) is 0 Å². The molecule has 2 aromatic carbocycles. The number of aromatic nitrogens is 1. The van der Waals surface area contributed by atoms with E-state index in [2.05, 4.69) is 10.5 Å². The Kier molecular flexibility index (Phi) is 5.46. The summed E-state index contributed by atoms with van der Waals surface area (Å²) in [5.74, 6) is 0.739. The molecule has 1 unspecified atom stereocenters. The molecule has 5 nitrogen and oxygen atoms in total. The van der Waals surface area contributed by atoms with Gasteiger partial charge in [0.2, 0.25) is 5.91 Å². The van der Waals surface area contributed by atoms with Gasteiger partial charge in [-0.15, -0.1) is 0 Å². The highest BCUT2D eigenvalue weighted by Crippen LogP contribution is 2.29. The first-order valence-electron chi connectivity index (χ1n) is 8.11. The zero-order valence-electron chi connectivity index (χ0n) is 14.0. The molecular formula is C20H20N2O3. The zero-order chi connectivity index (χ0) is 17.5. The SMILES string of the molecule is COc1ccc(C(CC(=O)NCc2ccon2)c2ccccc2)cc1. The first kappa shape index (κ1) is 16.8. The molecule has 0 aliphatic rings. The number of methoxy groups -OCH3 is 1. The van der Waals surface area contributed by atoms with Crippen LogP contribution >= 0.6 is 0 Å². The topological polar surface area (TPSA) is 64.4 Å². The van der Waals surface area contributed by atoms with E-state index in [-0.39, 0.29) is 11.8 Å². The lowest BCUT2D eigenvalue weighted by atomic mass is 9.88. The number of benzene rings is 2. The predicted octanol–water partition coefficient (Wildman–Crippen LogP) is 3.52. The van der Waals surface area contributed by atoms with Gasteiger partial charge in [-0.25, -0.2) is 0 Å². The number of amides is 1. The Morgan fingerprint density at radius 1 is 1.08 bits per heavy atom. The number of nitrogens with one attached hydrogen (secondary N) is 1. The zero-order valence-corrected chi connectivity index (χ0v) is 14.0. The van der Waals surface area contributed by atoms with E-state index in [0.29, 0.717) is 18.7 Å². The Hall–Kier alpha value is -3.08. The van der Waals surface area contributed by atoms with Gasteiger partial charge in [0.1, 0.15) is 17.7 Å². The molecule has 3 aromatic rings. The van der Waals surface area contributed by atoms with Crippen LogP contribution in [0.15, 0.2) is 71.4 Å². The van der Waals surface area contributed by atoms with Crippen LogP contribution < -0.4 is 10.1 Å². The highest BCUT2D eigenvalue weighted by molar-refractivity contribution is 5.77. The monoisotopic (exact) mass is 336 g/mol. The van der Waals surface area contributed by atoms with Gasteiger partial charge in [0.25, 0.3) is 0 Å². The van der Waals surface area contributed by atoms with Gasteiger partial charge in [-0.05, 0) is 23.3 Å². The van der Waals surface area contributed by atoms with E-state index in [1.165, 1.54) is 6.26 Å². The van der Waals surface area contributed by atoms with Gasteiger partial charge >= 0.3 is 0 Å². The summed E-state index contributed by atoms with van der Waals surface area (Å²) in [7, 11) is 1.64. The third-order valence-electron chi connectivity index (χ3n) is 4.07. The molecule has 1 atom stereocenters. The predicted molar refractivity (Wildman–Crippen MR) is 94.2 cm³/mol. The molecule has 0 aliphatic heterocycles. The molecule has 0 saturated heterocycles. The molecule has 0 fully saturated rings. The fourth-order valence-electron chi connectivity index (χ4n) is 2.73. The molecule has 0 spiro atoms.